The Morgan fingerprint density at radius 2 is 1.78 bits per heavy atom. The van der Waals surface area contributed by atoms with Gasteiger partial charge in [0, 0.05) is 11.6 Å². The van der Waals surface area contributed by atoms with Crippen molar-refractivity contribution < 1.29 is 22.7 Å². The van der Waals surface area contributed by atoms with E-state index in [1.54, 1.807) is 42.5 Å². The molecule has 0 aliphatic carbocycles. The van der Waals surface area contributed by atoms with Gasteiger partial charge in [-0.1, -0.05) is 41.4 Å². The molecule has 1 aliphatic rings. The van der Waals surface area contributed by atoms with Crippen LogP contribution in [-0.4, -0.2) is 27.7 Å². The molecule has 32 heavy (non-hydrogen) atoms. The van der Waals surface area contributed by atoms with E-state index in [0.717, 1.165) is 15.4 Å². The van der Waals surface area contributed by atoms with E-state index in [1.807, 2.05) is 13.0 Å². The maximum Gasteiger partial charge on any atom is 0.264 e. The van der Waals surface area contributed by atoms with Crippen molar-refractivity contribution in [1.29, 1.82) is 0 Å². The number of nitrogens with zero attached hydrogens (tertiary/aromatic N) is 1. The first-order valence-corrected chi connectivity index (χ1v) is 11.6. The molecule has 0 aromatic heterocycles. The number of rotatable bonds is 7. The number of nitrogens with one attached hydrogen (secondary N) is 1. The Morgan fingerprint density at radius 1 is 1.03 bits per heavy atom. The summed E-state index contributed by atoms with van der Waals surface area (Å²) >= 11 is 6.09. The Balaban J connectivity index is 1.55. The number of hydrogen-bond acceptors (Lipinski definition) is 5. The number of sulfonamides is 1. The molecule has 1 N–H and O–H groups in total. The molecular weight excluding hydrogens is 452 g/mol. The zero-order chi connectivity index (χ0) is 22.7. The molecule has 7 nitrogen and oxygen atoms in total. The fourth-order valence-corrected chi connectivity index (χ4v) is 4.82. The zero-order valence-corrected chi connectivity index (χ0v) is 18.8. The fraction of sp³-hybridized carbons (Fsp3) is 0.174. The van der Waals surface area contributed by atoms with E-state index < -0.39 is 22.5 Å². The van der Waals surface area contributed by atoms with Crippen LogP contribution in [0.15, 0.2) is 71.6 Å². The van der Waals surface area contributed by atoms with Crippen molar-refractivity contribution in [2.24, 2.45) is 0 Å². The molecule has 0 atom stereocenters. The quantitative estimate of drug-likeness (QED) is 0.564. The van der Waals surface area contributed by atoms with Crippen molar-refractivity contribution in [2.75, 3.05) is 17.6 Å². The minimum atomic E-state index is -4.00. The summed E-state index contributed by atoms with van der Waals surface area (Å²) in [5.74, 6) is 0.800. The molecule has 0 saturated carbocycles. The minimum Gasteiger partial charge on any atom is -0.454 e. The number of carbonyl (C=O) groups excluding carboxylic acids is 1. The third kappa shape index (κ3) is 4.81. The van der Waals surface area contributed by atoms with E-state index in [-0.39, 0.29) is 18.2 Å². The van der Waals surface area contributed by atoms with Crippen molar-refractivity contribution in [1.82, 2.24) is 5.32 Å². The van der Waals surface area contributed by atoms with Gasteiger partial charge in [-0.3, -0.25) is 9.10 Å². The van der Waals surface area contributed by atoms with Gasteiger partial charge in [0.15, 0.2) is 11.5 Å². The number of anilines is 1. The summed E-state index contributed by atoms with van der Waals surface area (Å²) in [6.45, 7) is 1.84. The van der Waals surface area contributed by atoms with E-state index in [1.165, 1.54) is 18.2 Å². The first-order valence-electron chi connectivity index (χ1n) is 9.83. The zero-order valence-electron chi connectivity index (χ0n) is 17.2. The Labute approximate surface area is 191 Å². The second-order valence-corrected chi connectivity index (χ2v) is 9.57. The molecule has 0 fully saturated rings. The SMILES string of the molecule is Cc1ccc(S(=O)(=O)N(CC(=O)NCc2ccc3c(c2)OCO3)c2cccc(Cl)c2)cc1. The van der Waals surface area contributed by atoms with Crippen LogP contribution in [-0.2, 0) is 21.4 Å². The van der Waals surface area contributed by atoms with E-state index in [0.29, 0.717) is 22.2 Å². The van der Waals surface area contributed by atoms with E-state index >= 15 is 0 Å². The molecule has 1 heterocycles. The van der Waals surface area contributed by atoms with E-state index in [4.69, 9.17) is 21.1 Å². The summed E-state index contributed by atoms with van der Waals surface area (Å²) < 4.78 is 38.4. The van der Waals surface area contributed by atoms with Crippen LogP contribution < -0.4 is 19.1 Å². The largest absolute Gasteiger partial charge is 0.454 e. The molecule has 0 saturated heterocycles. The average Bonchev–Trinajstić information content (AvgIpc) is 3.24. The van der Waals surface area contributed by atoms with Gasteiger partial charge in [-0.25, -0.2) is 8.42 Å². The standard InChI is InChI=1S/C23H21ClN2O5S/c1-16-5-8-20(9-6-16)32(28,29)26(19-4-2-3-18(24)12-19)14-23(27)25-13-17-7-10-21-22(11-17)31-15-30-21/h2-12H,13-15H2,1H3,(H,25,27). The van der Waals surface area contributed by atoms with Gasteiger partial charge >= 0.3 is 0 Å². The lowest BCUT2D eigenvalue weighted by Gasteiger charge is -2.24. The maximum atomic E-state index is 13.4. The second-order valence-electron chi connectivity index (χ2n) is 7.27. The van der Waals surface area contributed by atoms with Crippen molar-refractivity contribution in [3.05, 3.63) is 82.9 Å². The van der Waals surface area contributed by atoms with E-state index in [9.17, 15) is 13.2 Å². The van der Waals surface area contributed by atoms with Crippen LogP contribution in [0.4, 0.5) is 5.69 Å². The molecule has 0 spiro atoms. The number of carbonyl (C=O) groups is 1. The fourth-order valence-electron chi connectivity index (χ4n) is 3.22. The summed E-state index contributed by atoms with van der Waals surface area (Å²) in [6.07, 6.45) is 0. The summed E-state index contributed by atoms with van der Waals surface area (Å²) in [6, 6.07) is 18.2. The topological polar surface area (TPSA) is 84.9 Å². The highest BCUT2D eigenvalue weighted by molar-refractivity contribution is 7.92. The van der Waals surface area contributed by atoms with Crippen molar-refractivity contribution in [2.45, 2.75) is 18.4 Å². The Bertz CT molecular complexity index is 1250. The Morgan fingerprint density at radius 3 is 2.53 bits per heavy atom. The van der Waals surface area contributed by atoms with Gasteiger partial charge in [0.05, 0.1) is 10.6 Å². The smallest absolute Gasteiger partial charge is 0.264 e. The number of fused-ring (bicyclic) bond motifs is 1. The number of aryl methyl sites for hydroxylation is 1. The highest BCUT2D eigenvalue weighted by atomic mass is 35.5. The summed E-state index contributed by atoms with van der Waals surface area (Å²) in [4.78, 5) is 12.8. The van der Waals surface area contributed by atoms with Crippen LogP contribution in [0.2, 0.25) is 5.02 Å². The number of halogens is 1. The van der Waals surface area contributed by atoms with Crippen LogP contribution in [0.1, 0.15) is 11.1 Å². The molecule has 166 valence electrons. The predicted molar refractivity (Wildman–Crippen MR) is 122 cm³/mol. The molecular formula is C23H21ClN2O5S. The molecule has 4 rings (SSSR count). The average molecular weight is 473 g/mol. The predicted octanol–water partition coefficient (Wildman–Crippen LogP) is 3.89. The van der Waals surface area contributed by atoms with Crippen LogP contribution >= 0.6 is 11.6 Å². The lowest BCUT2D eigenvalue weighted by molar-refractivity contribution is -0.119. The first-order chi connectivity index (χ1) is 15.3. The van der Waals surface area contributed by atoms with E-state index in [2.05, 4.69) is 5.32 Å². The van der Waals surface area contributed by atoms with Crippen molar-refractivity contribution >= 4 is 33.2 Å². The normalized spacial score (nSPS) is 12.4. The molecule has 9 heteroatoms. The summed E-state index contributed by atoms with van der Waals surface area (Å²) in [5, 5.41) is 3.13. The second kappa shape index (κ2) is 9.10. The highest BCUT2D eigenvalue weighted by Gasteiger charge is 2.27. The van der Waals surface area contributed by atoms with Gasteiger partial charge in [-0.15, -0.1) is 0 Å². The molecule has 1 aliphatic heterocycles. The molecule has 0 radical (unpaired) electrons. The molecule has 0 bridgehead atoms. The highest BCUT2D eigenvalue weighted by Crippen LogP contribution is 2.32. The maximum absolute atomic E-state index is 13.4. The molecule has 3 aromatic carbocycles. The summed E-state index contributed by atoms with van der Waals surface area (Å²) in [7, 11) is -4.00. The van der Waals surface area contributed by atoms with Crippen LogP contribution in [0.25, 0.3) is 0 Å². The Kier molecular flexibility index (Phi) is 6.25. The number of benzene rings is 3. The van der Waals surface area contributed by atoms with Crippen LogP contribution in [0, 0.1) is 6.92 Å². The molecule has 3 aromatic rings. The lowest BCUT2D eigenvalue weighted by atomic mass is 10.2. The van der Waals surface area contributed by atoms with Gasteiger partial charge in [0.25, 0.3) is 10.0 Å². The van der Waals surface area contributed by atoms with Crippen molar-refractivity contribution in [3.63, 3.8) is 0 Å². The van der Waals surface area contributed by atoms with Crippen LogP contribution in [0.3, 0.4) is 0 Å². The van der Waals surface area contributed by atoms with Gasteiger partial charge < -0.3 is 14.8 Å². The first kappa shape index (κ1) is 22.0. The number of ether oxygens (including phenoxy) is 2. The number of hydrogen-bond donors (Lipinski definition) is 1. The third-order valence-corrected chi connectivity index (χ3v) is 6.94. The van der Waals surface area contributed by atoms with Crippen molar-refractivity contribution in [3.8, 4) is 11.5 Å². The van der Waals surface area contributed by atoms with Gasteiger partial charge in [0.1, 0.15) is 6.54 Å². The third-order valence-electron chi connectivity index (χ3n) is 4.92. The monoisotopic (exact) mass is 472 g/mol. The number of amides is 1. The van der Waals surface area contributed by atoms with Crippen LogP contribution in [0.5, 0.6) is 11.5 Å². The van der Waals surface area contributed by atoms with Gasteiger partial charge in [-0.05, 0) is 55.0 Å². The van der Waals surface area contributed by atoms with Gasteiger partial charge in [0.2, 0.25) is 12.7 Å². The lowest BCUT2D eigenvalue weighted by Crippen LogP contribution is -2.40. The summed E-state index contributed by atoms with van der Waals surface area (Å²) in [5.41, 5.74) is 2.04. The molecule has 1 amide bonds. The molecule has 0 unspecified atom stereocenters. The Hall–Kier alpha value is -3.23. The minimum absolute atomic E-state index is 0.0895. The van der Waals surface area contributed by atoms with Gasteiger partial charge in [-0.2, -0.15) is 0 Å².